The molecule has 6 heterocycles. The Bertz CT molecular complexity index is 3950. The van der Waals surface area contributed by atoms with Gasteiger partial charge in [0.2, 0.25) is 31.3 Å². The first-order valence-electron chi connectivity index (χ1n) is 31.3. The molecule has 0 bridgehead atoms. The van der Waals surface area contributed by atoms with Crippen LogP contribution >= 0.6 is 43.5 Å². The maximum atomic E-state index is 12.4. The van der Waals surface area contributed by atoms with E-state index in [2.05, 4.69) is 150 Å². The van der Waals surface area contributed by atoms with E-state index >= 15 is 0 Å². The minimum Gasteiger partial charge on any atom is -0.495 e. The molecule has 6 aromatic rings. The first-order chi connectivity index (χ1) is 45.7. The number of hydrogen-bond donors (Lipinski definition) is 4. The SMILES string of the molecule is COc1cc(N2CCC(N3CCN(C)CC3)CC2)c(C)cc1N.COc1cc(N2CCC(N3CCN(C)CC3)CC2)c(C)cc1Nc1ncc(Br)c(Nc2cccc(OC)c2N(C)S(C)(=O)=O)n1.COc1cccc(Nc2nc(Cl)ncc2Br)c1N(C)S(C)(=O)=O.[C-]#CC#CC. The fourth-order valence-electron chi connectivity index (χ4n) is 11.8. The van der Waals surface area contributed by atoms with Crippen LogP contribution in [-0.2, 0) is 20.0 Å². The lowest BCUT2D eigenvalue weighted by molar-refractivity contribution is 0.0982. The number of aromatic nitrogens is 4. The molecule has 4 aromatic carbocycles. The van der Waals surface area contributed by atoms with Crippen LogP contribution in [0.2, 0.25) is 5.28 Å². The van der Waals surface area contributed by atoms with Gasteiger partial charge in [-0.2, -0.15) is 9.97 Å². The van der Waals surface area contributed by atoms with Crippen molar-refractivity contribution < 1.29 is 35.8 Å². The smallest absolute Gasteiger partial charge is 0.232 e. The van der Waals surface area contributed by atoms with Crippen molar-refractivity contribution in [3.8, 4) is 40.8 Å². The maximum absolute atomic E-state index is 12.4. The van der Waals surface area contributed by atoms with Crippen molar-refractivity contribution in [3.63, 3.8) is 0 Å². The zero-order valence-corrected chi connectivity index (χ0v) is 62.6. The van der Waals surface area contributed by atoms with Crippen molar-refractivity contribution in [2.75, 3.05) is 188 Å². The van der Waals surface area contributed by atoms with E-state index in [4.69, 9.17) is 47.7 Å². The number of para-hydroxylation sites is 2. The summed E-state index contributed by atoms with van der Waals surface area (Å²) >= 11 is 12.6. The van der Waals surface area contributed by atoms with Crippen molar-refractivity contribution in [2.24, 2.45) is 0 Å². The van der Waals surface area contributed by atoms with Gasteiger partial charge in [-0.25, -0.2) is 32.7 Å². The second-order valence-corrected chi connectivity index (χ2v) is 29.7. The maximum Gasteiger partial charge on any atom is 0.232 e. The molecule has 4 fully saturated rings. The third-order valence-corrected chi connectivity index (χ3v) is 20.9. The standard InChI is InChI=1S/C31H43BrN8O4S.C18H30N4O.C13H14BrClN4O3S.C5H3/c1-21-18-25(28(44-5)19-26(21)40-12-10-22(11-13-40)39-16-14-37(2)15-17-39)35-31-33-20-23(32)30(36-31)34-24-8-7-9-27(43-4)29(24)38(3)45(6,41)42;1-14-12-16(19)18(23-3)13-17(14)22-6-4-15(5-7-22)21-10-8-20(2)9-11-21;1-19(23(3,20)21)11-9(5-4-6-10(11)22-2)17-12-8(14)7-16-13(15)18-12;1-3-5-4-2/h7-9,18-20,22H,10-17H2,1-6H3,(H2,33,34,35,36);12-13,15H,4-11,19H2,1-3H3;4-7H,1-3H3,(H,16,17,18);1H3/q;;;-1. The molecule has 0 atom stereocenters. The molecule has 29 heteroatoms. The van der Waals surface area contributed by atoms with Gasteiger partial charge < -0.3 is 66.7 Å². The van der Waals surface area contributed by atoms with Gasteiger partial charge in [0.25, 0.3) is 0 Å². The Labute approximate surface area is 589 Å². The molecule has 4 aliphatic rings. The molecule has 4 aliphatic heterocycles. The van der Waals surface area contributed by atoms with Crippen LogP contribution in [0.15, 0.2) is 82.0 Å². The summed E-state index contributed by atoms with van der Waals surface area (Å²) in [5.74, 6) is 10.1. The molecule has 0 amide bonds. The molecule has 4 saturated heterocycles. The molecule has 0 aliphatic carbocycles. The Morgan fingerprint density at radius 1 is 0.594 bits per heavy atom. The van der Waals surface area contributed by atoms with Crippen LogP contribution in [0.3, 0.4) is 0 Å². The van der Waals surface area contributed by atoms with Gasteiger partial charge in [0.05, 0.1) is 72.6 Å². The third kappa shape index (κ3) is 20.4. The highest BCUT2D eigenvalue weighted by atomic mass is 79.9. The molecule has 0 saturated carbocycles. The number of methoxy groups -OCH3 is 4. The topological polar surface area (TPSA) is 245 Å². The van der Waals surface area contributed by atoms with Gasteiger partial charge in [-0.3, -0.25) is 30.3 Å². The van der Waals surface area contributed by atoms with E-state index in [0.29, 0.717) is 72.6 Å². The van der Waals surface area contributed by atoms with Crippen molar-refractivity contribution in [1.82, 2.24) is 39.5 Å². The van der Waals surface area contributed by atoms with Gasteiger partial charge >= 0.3 is 0 Å². The highest BCUT2D eigenvalue weighted by Crippen LogP contribution is 2.42. The van der Waals surface area contributed by atoms with Gasteiger partial charge in [0.15, 0.2) is 0 Å². The number of nitrogens with zero attached hydrogens (tertiary/aromatic N) is 12. The normalized spacial score (nSPS) is 15.9. The summed E-state index contributed by atoms with van der Waals surface area (Å²) in [6.07, 6.45) is 16.4. The predicted octanol–water partition coefficient (Wildman–Crippen LogP) is 10.1. The van der Waals surface area contributed by atoms with E-state index in [-0.39, 0.29) is 5.28 Å². The Morgan fingerprint density at radius 2 is 1.01 bits per heavy atom. The number of piperazine rings is 2. The van der Waals surface area contributed by atoms with Crippen LogP contribution in [0.5, 0.6) is 23.0 Å². The summed E-state index contributed by atoms with van der Waals surface area (Å²) < 4.78 is 74.1. The van der Waals surface area contributed by atoms with E-state index in [1.807, 2.05) is 12.0 Å². The van der Waals surface area contributed by atoms with Crippen molar-refractivity contribution in [3.05, 3.63) is 105 Å². The van der Waals surface area contributed by atoms with Crippen molar-refractivity contribution in [1.29, 1.82) is 0 Å². The number of sulfonamides is 2. The van der Waals surface area contributed by atoms with Crippen LogP contribution in [0.1, 0.15) is 43.7 Å². The molecular formula is C67H90Br2ClN16O8S2-. The summed E-state index contributed by atoms with van der Waals surface area (Å²) in [7, 11) is 6.62. The summed E-state index contributed by atoms with van der Waals surface area (Å²) in [4.78, 5) is 32.2. The molecular weight excluding hydrogens is 1420 g/mol. The van der Waals surface area contributed by atoms with Crippen LogP contribution in [0.25, 0.3) is 0 Å². The highest BCUT2D eigenvalue weighted by Gasteiger charge is 2.31. The number of benzene rings is 4. The number of aryl methyl sites for hydroxylation is 2. The van der Waals surface area contributed by atoms with Crippen LogP contribution < -0.4 is 59.0 Å². The number of ether oxygens (including phenoxy) is 4. The van der Waals surface area contributed by atoms with E-state index in [1.165, 1.54) is 94.8 Å². The number of piperidine rings is 2. The number of nitrogens with one attached hydrogen (secondary N) is 3. The van der Waals surface area contributed by atoms with E-state index in [0.717, 1.165) is 111 Å². The number of nitrogens with two attached hydrogens (primary N) is 1. The first-order valence-corrected chi connectivity index (χ1v) is 36.9. The number of halogens is 3. The van der Waals surface area contributed by atoms with E-state index < -0.39 is 20.0 Å². The number of rotatable bonds is 18. The number of likely N-dealkylation sites (N-methyl/N-ethyl adjacent to an activating group) is 2. The minimum atomic E-state index is -3.56. The summed E-state index contributed by atoms with van der Waals surface area (Å²) in [6, 6.07) is 20.0. The van der Waals surface area contributed by atoms with E-state index in [9.17, 15) is 16.8 Å². The second kappa shape index (κ2) is 35.3. The third-order valence-electron chi connectivity index (χ3n) is 17.2. The minimum absolute atomic E-state index is 0.0663. The molecule has 0 spiro atoms. The Hall–Kier alpha value is -7.25. The lowest BCUT2D eigenvalue weighted by Crippen LogP contribution is -2.52. The number of anilines is 11. The molecule has 0 unspecified atom stereocenters. The highest BCUT2D eigenvalue weighted by molar-refractivity contribution is 9.11. The van der Waals surface area contributed by atoms with Crippen LogP contribution in [-0.4, -0.2) is 216 Å². The number of hydrogen-bond acceptors (Lipinski definition) is 22. The Balaban J connectivity index is 0.000000214. The monoisotopic (exact) mass is 1500 g/mol. The second-order valence-electron chi connectivity index (χ2n) is 23.6. The quantitative estimate of drug-likeness (QED) is 0.0270. The zero-order valence-electron chi connectivity index (χ0n) is 57.1. The molecule has 5 N–H and O–H groups in total. The molecule has 10 rings (SSSR count). The average molecular weight is 1510 g/mol. The predicted molar refractivity (Wildman–Crippen MR) is 396 cm³/mol. The van der Waals surface area contributed by atoms with E-state index in [1.54, 1.807) is 63.7 Å². The largest absolute Gasteiger partial charge is 0.495 e. The molecule has 0 radical (unpaired) electrons. The lowest BCUT2D eigenvalue weighted by Gasteiger charge is -2.43. The van der Waals surface area contributed by atoms with Gasteiger partial charge in [-0.05, 0) is 152 Å². The van der Waals surface area contributed by atoms with Crippen molar-refractivity contribution >= 4 is 127 Å². The van der Waals surface area contributed by atoms with Gasteiger partial charge in [0, 0.05) is 141 Å². The molecule has 520 valence electrons. The summed E-state index contributed by atoms with van der Waals surface area (Å²) in [6.45, 7) is 19.6. The number of nitrogen functional groups attached to an aromatic ring is 1. The first kappa shape index (κ1) is 76.1. The van der Waals surface area contributed by atoms with Gasteiger partial charge in [-0.1, -0.05) is 12.1 Å². The Kier molecular flexibility index (Phi) is 28.0. The van der Waals surface area contributed by atoms with Crippen molar-refractivity contribution in [2.45, 2.75) is 58.5 Å². The zero-order chi connectivity index (χ0) is 70.0. The Morgan fingerprint density at radius 3 is 1.42 bits per heavy atom. The lowest BCUT2D eigenvalue weighted by atomic mass is 10.0. The molecule has 24 nitrogen and oxygen atoms in total. The molecule has 96 heavy (non-hydrogen) atoms. The van der Waals surface area contributed by atoms with Crippen LogP contribution in [0, 0.1) is 38.0 Å². The van der Waals surface area contributed by atoms with Gasteiger partial charge in [0.1, 0.15) is 46.0 Å². The fourth-order valence-corrected chi connectivity index (χ4v) is 13.5. The fraction of sp³-hybridized carbons (Fsp3) is 0.463. The summed E-state index contributed by atoms with van der Waals surface area (Å²) in [5, 5.41) is 9.67. The average Bonchev–Trinajstić information content (AvgIpc) is 0.830. The summed E-state index contributed by atoms with van der Waals surface area (Å²) in [5.41, 5.74) is 14.0. The van der Waals surface area contributed by atoms with Crippen LogP contribution in [0.4, 0.5) is 63.1 Å². The molecule has 2 aromatic heterocycles. The van der Waals surface area contributed by atoms with Gasteiger partial charge in [-0.15, -0.1) is 0 Å².